The van der Waals surface area contributed by atoms with Crippen molar-refractivity contribution in [1.82, 2.24) is 0 Å². The molecule has 0 spiro atoms. The molecule has 1 aromatic rings. The molecule has 0 bridgehead atoms. The van der Waals surface area contributed by atoms with Gasteiger partial charge in [-0.05, 0) is 46.8 Å². The Morgan fingerprint density at radius 1 is 1.43 bits per heavy atom. The van der Waals surface area contributed by atoms with Crippen molar-refractivity contribution in [2.75, 3.05) is 25.1 Å². The zero-order valence-corrected chi connectivity index (χ0v) is 14.7. The lowest BCUT2D eigenvalue weighted by Gasteiger charge is -2.15. The monoisotopic (exact) mass is 381 g/mol. The third-order valence-electron chi connectivity index (χ3n) is 2.90. The fourth-order valence-corrected chi connectivity index (χ4v) is 2.76. The van der Waals surface area contributed by atoms with Crippen LogP contribution in [0.4, 0.5) is 10.1 Å². The third kappa shape index (κ3) is 7.45. The van der Waals surface area contributed by atoms with E-state index in [0.717, 1.165) is 12.8 Å². The number of nitrogens with one attached hydrogen (secondary N) is 1. The van der Waals surface area contributed by atoms with Gasteiger partial charge in [-0.25, -0.2) is 4.39 Å². The molecule has 1 rings (SSSR count). The van der Waals surface area contributed by atoms with E-state index in [0.29, 0.717) is 22.7 Å². The molecule has 0 aliphatic rings. The van der Waals surface area contributed by atoms with Crippen LogP contribution in [-0.4, -0.2) is 31.0 Å². The Morgan fingerprint density at radius 3 is 2.76 bits per heavy atom. The van der Waals surface area contributed by atoms with E-state index in [-0.39, 0.29) is 18.2 Å². The van der Waals surface area contributed by atoms with E-state index in [2.05, 4.69) is 35.1 Å². The quantitative estimate of drug-likeness (QED) is 0.619. The number of hydrogen-bond donors (Lipinski definition) is 2. The molecule has 3 nitrogen and oxygen atoms in total. The molecule has 120 valence electrons. The van der Waals surface area contributed by atoms with E-state index >= 15 is 0 Å². The van der Waals surface area contributed by atoms with Crippen LogP contribution in [0.3, 0.4) is 0 Å². The molecule has 0 saturated heterocycles. The van der Waals surface area contributed by atoms with E-state index < -0.39 is 11.9 Å². The summed E-state index contributed by atoms with van der Waals surface area (Å²) >= 11 is 9.18. The van der Waals surface area contributed by atoms with Gasteiger partial charge in [0, 0.05) is 17.6 Å². The summed E-state index contributed by atoms with van der Waals surface area (Å²) in [5, 5.41) is 13.1. The number of benzene rings is 1. The Balaban J connectivity index is 2.29. The van der Waals surface area contributed by atoms with Crippen LogP contribution in [-0.2, 0) is 4.74 Å². The van der Waals surface area contributed by atoms with Gasteiger partial charge in [0.05, 0.1) is 23.4 Å². The van der Waals surface area contributed by atoms with E-state index in [1.54, 1.807) is 0 Å². The summed E-state index contributed by atoms with van der Waals surface area (Å²) in [4.78, 5) is 0. The first-order chi connectivity index (χ1) is 9.90. The first-order valence-corrected chi connectivity index (χ1v) is 8.21. The number of halogens is 3. The van der Waals surface area contributed by atoms with Crippen LogP contribution in [0.5, 0.6) is 0 Å². The lowest BCUT2D eigenvalue weighted by molar-refractivity contribution is 0.0409. The third-order valence-corrected chi connectivity index (χ3v) is 3.83. The lowest BCUT2D eigenvalue weighted by atomic mass is 10.1. The molecular weight excluding hydrogens is 361 g/mol. The maximum atomic E-state index is 13.1. The van der Waals surface area contributed by atoms with Gasteiger partial charge < -0.3 is 15.2 Å². The number of rotatable bonds is 9. The van der Waals surface area contributed by atoms with Crippen molar-refractivity contribution in [1.29, 1.82) is 0 Å². The number of anilines is 1. The Bertz CT molecular complexity index is 423. The highest BCUT2D eigenvalue weighted by Gasteiger charge is 2.10. The second-order valence-electron chi connectivity index (χ2n) is 5.39. The van der Waals surface area contributed by atoms with Gasteiger partial charge in [-0.1, -0.05) is 25.4 Å². The van der Waals surface area contributed by atoms with Crippen LogP contribution < -0.4 is 5.32 Å². The second-order valence-corrected chi connectivity index (χ2v) is 6.65. The van der Waals surface area contributed by atoms with Crippen molar-refractivity contribution in [3.05, 3.63) is 27.4 Å². The molecule has 0 saturated carbocycles. The molecule has 1 aromatic carbocycles. The summed E-state index contributed by atoms with van der Waals surface area (Å²) in [7, 11) is 0. The SMILES string of the molecule is CC(C)CCCOCC(O)CNc1c(Cl)cc(F)cc1Br. The van der Waals surface area contributed by atoms with E-state index in [4.69, 9.17) is 16.3 Å². The molecule has 2 N–H and O–H groups in total. The average Bonchev–Trinajstić information content (AvgIpc) is 2.36. The predicted octanol–water partition coefficient (Wildman–Crippen LogP) is 4.47. The number of ether oxygens (including phenoxy) is 1. The van der Waals surface area contributed by atoms with Gasteiger partial charge in [0.2, 0.25) is 0 Å². The van der Waals surface area contributed by atoms with Crippen molar-refractivity contribution in [2.45, 2.75) is 32.8 Å². The minimum atomic E-state index is -0.642. The standard InChI is InChI=1S/C15H22BrClFNO2/c1-10(2)4-3-5-21-9-12(20)8-19-15-13(16)6-11(18)7-14(15)17/h6-7,10,12,19-20H,3-5,8-9H2,1-2H3. The summed E-state index contributed by atoms with van der Waals surface area (Å²) in [6.07, 6.45) is 1.47. The van der Waals surface area contributed by atoms with Gasteiger partial charge in [-0.15, -0.1) is 0 Å². The summed E-state index contributed by atoms with van der Waals surface area (Å²) in [5.41, 5.74) is 0.567. The van der Waals surface area contributed by atoms with Crippen LogP contribution in [0.1, 0.15) is 26.7 Å². The van der Waals surface area contributed by atoms with E-state index in [1.807, 2.05) is 0 Å². The van der Waals surface area contributed by atoms with Gasteiger partial charge in [-0.2, -0.15) is 0 Å². The molecule has 0 radical (unpaired) electrons. The van der Waals surface area contributed by atoms with Gasteiger partial charge in [0.15, 0.2) is 0 Å². The molecule has 6 heteroatoms. The van der Waals surface area contributed by atoms with Crippen molar-refractivity contribution in [2.24, 2.45) is 5.92 Å². The number of aliphatic hydroxyl groups excluding tert-OH is 1. The summed E-state index contributed by atoms with van der Waals surface area (Å²) in [5.74, 6) is 0.254. The fraction of sp³-hybridized carbons (Fsp3) is 0.600. The molecule has 0 fully saturated rings. The molecular formula is C15H22BrClFNO2. The highest BCUT2D eigenvalue weighted by Crippen LogP contribution is 2.31. The molecule has 0 heterocycles. The van der Waals surface area contributed by atoms with Gasteiger partial charge in [-0.3, -0.25) is 0 Å². The largest absolute Gasteiger partial charge is 0.389 e. The lowest BCUT2D eigenvalue weighted by Crippen LogP contribution is -2.25. The summed E-state index contributed by atoms with van der Waals surface area (Å²) < 4.78 is 19.0. The second kappa shape index (κ2) is 9.62. The normalized spacial score (nSPS) is 12.7. The molecule has 0 aromatic heterocycles. The van der Waals surface area contributed by atoms with Crippen LogP contribution in [0.2, 0.25) is 5.02 Å². The Morgan fingerprint density at radius 2 is 2.14 bits per heavy atom. The zero-order valence-electron chi connectivity index (χ0n) is 12.3. The predicted molar refractivity (Wildman–Crippen MR) is 88.5 cm³/mol. The van der Waals surface area contributed by atoms with Crippen LogP contribution in [0, 0.1) is 11.7 Å². The van der Waals surface area contributed by atoms with Crippen molar-refractivity contribution < 1.29 is 14.2 Å². The minimum absolute atomic E-state index is 0.265. The van der Waals surface area contributed by atoms with Gasteiger partial charge >= 0.3 is 0 Å². The summed E-state index contributed by atoms with van der Waals surface area (Å²) in [6, 6.07) is 2.55. The van der Waals surface area contributed by atoms with Gasteiger partial charge in [0.25, 0.3) is 0 Å². The van der Waals surface area contributed by atoms with Crippen LogP contribution >= 0.6 is 27.5 Å². The number of hydrogen-bond acceptors (Lipinski definition) is 3. The highest BCUT2D eigenvalue weighted by atomic mass is 79.9. The Kier molecular flexibility index (Phi) is 8.56. The average molecular weight is 383 g/mol. The number of aliphatic hydroxyl groups is 1. The maximum Gasteiger partial charge on any atom is 0.125 e. The minimum Gasteiger partial charge on any atom is -0.389 e. The maximum absolute atomic E-state index is 13.1. The fourth-order valence-electron chi connectivity index (χ4n) is 1.80. The smallest absolute Gasteiger partial charge is 0.125 e. The van der Waals surface area contributed by atoms with E-state index in [9.17, 15) is 9.50 Å². The Labute approximate surface area is 139 Å². The molecule has 1 atom stereocenters. The highest BCUT2D eigenvalue weighted by molar-refractivity contribution is 9.10. The van der Waals surface area contributed by atoms with Crippen molar-refractivity contribution in [3.63, 3.8) is 0 Å². The van der Waals surface area contributed by atoms with Gasteiger partial charge in [0.1, 0.15) is 5.82 Å². The first kappa shape index (κ1) is 18.7. The summed E-state index contributed by atoms with van der Waals surface area (Å²) in [6.45, 7) is 5.54. The zero-order chi connectivity index (χ0) is 15.8. The van der Waals surface area contributed by atoms with Crippen molar-refractivity contribution in [3.8, 4) is 0 Å². The van der Waals surface area contributed by atoms with E-state index in [1.165, 1.54) is 12.1 Å². The molecule has 1 unspecified atom stereocenters. The molecule has 21 heavy (non-hydrogen) atoms. The van der Waals surface area contributed by atoms with Crippen LogP contribution in [0.15, 0.2) is 16.6 Å². The molecule has 0 aliphatic heterocycles. The molecule has 0 amide bonds. The topological polar surface area (TPSA) is 41.5 Å². The van der Waals surface area contributed by atoms with Crippen molar-refractivity contribution >= 4 is 33.2 Å². The first-order valence-electron chi connectivity index (χ1n) is 7.04. The molecule has 0 aliphatic carbocycles. The Hall–Kier alpha value is -0.360. The van der Waals surface area contributed by atoms with Crippen LogP contribution in [0.25, 0.3) is 0 Å².